The van der Waals surface area contributed by atoms with Crippen molar-refractivity contribution in [3.63, 3.8) is 0 Å². The van der Waals surface area contributed by atoms with Crippen molar-refractivity contribution in [3.05, 3.63) is 35.5 Å². The maximum atomic E-state index is 12.0. The van der Waals surface area contributed by atoms with Gasteiger partial charge in [-0.2, -0.15) is 9.83 Å². The van der Waals surface area contributed by atoms with Gasteiger partial charge in [0, 0.05) is 12.1 Å². The van der Waals surface area contributed by atoms with Gasteiger partial charge >= 0.3 is 5.97 Å². The van der Waals surface area contributed by atoms with Crippen LogP contribution in [0.15, 0.2) is 34.8 Å². The number of ether oxygens (including phenoxy) is 1. The van der Waals surface area contributed by atoms with Gasteiger partial charge in [0.2, 0.25) is 0 Å². The molecule has 2 aromatic rings. The lowest BCUT2D eigenvalue weighted by Gasteiger charge is -1.99. The summed E-state index contributed by atoms with van der Waals surface area (Å²) in [6.07, 6.45) is 3.70. The van der Waals surface area contributed by atoms with E-state index in [1.807, 2.05) is 35.2 Å². The molecule has 22 heavy (non-hydrogen) atoms. The van der Waals surface area contributed by atoms with E-state index < -0.39 is 5.97 Å². The average Bonchev–Trinajstić information content (AvgIpc) is 2.83. The summed E-state index contributed by atoms with van der Waals surface area (Å²) in [5.41, 5.74) is 7.24. The van der Waals surface area contributed by atoms with Crippen LogP contribution in [0.1, 0.15) is 16.6 Å². The van der Waals surface area contributed by atoms with Gasteiger partial charge in [-0.1, -0.05) is 17.8 Å². The fraction of sp³-hybridized carbons (Fsp3) is 0.214. The fourth-order valence-corrected chi connectivity index (χ4v) is 3.81. The highest BCUT2D eigenvalue weighted by atomic mass is 79.9. The Labute approximate surface area is 147 Å². The van der Waals surface area contributed by atoms with Gasteiger partial charge in [0.15, 0.2) is 12.4 Å². The van der Waals surface area contributed by atoms with Crippen molar-refractivity contribution in [2.24, 2.45) is 0 Å². The highest BCUT2D eigenvalue weighted by molar-refractivity contribution is 8.01. The van der Waals surface area contributed by atoms with E-state index in [2.05, 4.69) is 6.07 Å². The molecule has 0 amide bonds. The van der Waals surface area contributed by atoms with Crippen LogP contribution in [0.4, 0.5) is 5.69 Å². The first-order valence-corrected chi connectivity index (χ1v) is 8.05. The summed E-state index contributed by atoms with van der Waals surface area (Å²) >= 11 is 2.62. The number of halogens is 1. The lowest BCUT2D eigenvalue weighted by atomic mass is 10.3. The second-order valence-corrected chi connectivity index (χ2v) is 6.20. The van der Waals surface area contributed by atoms with Crippen molar-refractivity contribution in [2.45, 2.75) is 11.1 Å². The molecule has 2 N–H and O–H groups in total. The minimum absolute atomic E-state index is 0. The third kappa shape index (κ3) is 4.00. The van der Waals surface area contributed by atoms with Gasteiger partial charge in [-0.15, -0.1) is 11.3 Å². The first-order valence-electron chi connectivity index (χ1n) is 6.24. The van der Waals surface area contributed by atoms with E-state index in [-0.39, 0.29) is 17.0 Å². The Bertz CT molecular complexity index is 683. The summed E-state index contributed by atoms with van der Waals surface area (Å²) in [6, 6.07) is 7.73. The van der Waals surface area contributed by atoms with Crippen molar-refractivity contribution in [1.29, 1.82) is 5.26 Å². The number of pyridine rings is 1. The van der Waals surface area contributed by atoms with Crippen molar-refractivity contribution in [2.75, 3.05) is 18.1 Å². The van der Waals surface area contributed by atoms with Crippen LogP contribution in [0.25, 0.3) is 5.69 Å². The van der Waals surface area contributed by atoms with Gasteiger partial charge < -0.3 is 27.5 Å². The van der Waals surface area contributed by atoms with Crippen LogP contribution in [0, 0.1) is 11.3 Å². The molecule has 0 saturated carbocycles. The SMILES string of the molecule is CCOC(=O)c1sc(SCC#N)c(-[n+]2ccccc2)c1N.[Br-]. The standard InChI is InChI=1S/C14H13N3O2S2.BrH/c1-2-19-13(18)12-10(16)11(14(21-12)20-9-6-15)17-7-4-3-5-8-17;/h3-5,7-8H,2,9H2,1H3,(H-,16,18);1H. The van der Waals surface area contributed by atoms with Crippen LogP contribution in [0.5, 0.6) is 0 Å². The van der Waals surface area contributed by atoms with E-state index >= 15 is 0 Å². The van der Waals surface area contributed by atoms with Crippen LogP contribution in [0.2, 0.25) is 0 Å². The molecule has 0 radical (unpaired) electrons. The average molecular weight is 400 g/mol. The number of thiophene rings is 1. The quantitative estimate of drug-likeness (QED) is 0.412. The monoisotopic (exact) mass is 399 g/mol. The van der Waals surface area contributed by atoms with Gasteiger partial charge in [0.05, 0.1) is 18.4 Å². The third-order valence-corrected chi connectivity index (χ3v) is 4.89. The number of esters is 1. The fourth-order valence-electron chi connectivity index (χ4n) is 1.75. The first-order chi connectivity index (χ1) is 10.2. The number of anilines is 1. The van der Waals surface area contributed by atoms with E-state index in [9.17, 15) is 4.79 Å². The molecule has 0 atom stereocenters. The van der Waals surface area contributed by atoms with Crippen LogP contribution in [0.3, 0.4) is 0 Å². The smallest absolute Gasteiger partial charge is 0.350 e. The minimum atomic E-state index is -0.429. The molecule has 2 heterocycles. The number of nitrogens with two attached hydrogens (primary N) is 1. The number of hydrogen-bond donors (Lipinski definition) is 1. The number of carbonyl (C=O) groups is 1. The van der Waals surface area contributed by atoms with E-state index in [0.717, 1.165) is 9.90 Å². The first kappa shape index (κ1) is 18.5. The minimum Gasteiger partial charge on any atom is -1.00 e. The summed E-state index contributed by atoms with van der Waals surface area (Å²) in [6.45, 7) is 2.05. The van der Waals surface area contributed by atoms with Crippen LogP contribution >= 0.6 is 23.1 Å². The van der Waals surface area contributed by atoms with Gasteiger partial charge in [-0.3, -0.25) is 0 Å². The molecular weight excluding hydrogens is 386 g/mol. The van der Waals surface area contributed by atoms with Crippen molar-refractivity contribution in [1.82, 2.24) is 0 Å². The highest BCUT2D eigenvalue weighted by Gasteiger charge is 2.28. The molecule has 5 nitrogen and oxygen atoms in total. The summed E-state index contributed by atoms with van der Waals surface area (Å²) in [4.78, 5) is 12.3. The molecule has 0 spiro atoms. The normalized spacial score (nSPS) is 9.64. The van der Waals surface area contributed by atoms with Crippen LogP contribution in [-0.4, -0.2) is 18.3 Å². The molecular formula is C14H14BrN3O2S2. The molecule has 0 aliphatic carbocycles. The van der Waals surface area contributed by atoms with Gasteiger partial charge in [0.1, 0.15) is 14.8 Å². The summed E-state index contributed by atoms with van der Waals surface area (Å²) in [7, 11) is 0. The summed E-state index contributed by atoms with van der Waals surface area (Å²) in [5, 5.41) is 8.76. The second kappa shape index (κ2) is 8.78. The van der Waals surface area contributed by atoms with Crippen molar-refractivity contribution in [3.8, 4) is 11.8 Å². The number of nitrogens with zero attached hydrogens (tertiary/aromatic N) is 2. The number of carbonyl (C=O) groups excluding carboxylic acids is 1. The van der Waals surface area contributed by atoms with Crippen LogP contribution in [-0.2, 0) is 4.74 Å². The van der Waals surface area contributed by atoms with Gasteiger partial charge in [-0.05, 0) is 6.92 Å². The zero-order chi connectivity index (χ0) is 15.2. The molecule has 0 bridgehead atoms. The molecule has 0 aliphatic rings. The van der Waals surface area contributed by atoms with Crippen molar-refractivity contribution >= 4 is 34.8 Å². The third-order valence-electron chi connectivity index (χ3n) is 2.59. The molecule has 2 aromatic heterocycles. The molecule has 0 aliphatic heterocycles. The number of hydrogen-bond acceptors (Lipinski definition) is 6. The van der Waals surface area contributed by atoms with Crippen LogP contribution < -0.4 is 27.3 Å². The number of aromatic nitrogens is 1. The molecule has 0 fully saturated rings. The molecule has 8 heteroatoms. The number of nitrogen functional groups attached to an aromatic ring is 1. The Morgan fingerprint density at radius 3 is 2.73 bits per heavy atom. The Morgan fingerprint density at radius 1 is 1.45 bits per heavy atom. The highest BCUT2D eigenvalue weighted by Crippen LogP contribution is 2.38. The van der Waals surface area contributed by atoms with E-state index in [1.165, 1.54) is 23.1 Å². The van der Waals surface area contributed by atoms with Crippen molar-refractivity contribution < 1.29 is 31.1 Å². The zero-order valence-corrected chi connectivity index (χ0v) is 15.0. The Balaban J connectivity index is 0.00000242. The number of rotatable bonds is 5. The van der Waals surface area contributed by atoms with E-state index in [0.29, 0.717) is 22.9 Å². The maximum absolute atomic E-state index is 12.0. The maximum Gasteiger partial charge on any atom is 0.350 e. The largest absolute Gasteiger partial charge is 1.00 e. The molecule has 0 aromatic carbocycles. The molecule has 0 unspecified atom stereocenters. The molecule has 116 valence electrons. The molecule has 2 rings (SSSR count). The van der Waals surface area contributed by atoms with Gasteiger partial charge in [0.25, 0.3) is 5.69 Å². The lowest BCUT2D eigenvalue weighted by molar-refractivity contribution is -0.596. The predicted octanol–water partition coefficient (Wildman–Crippen LogP) is -0.597. The Kier molecular flexibility index (Phi) is 7.38. The van der Waals surface area contributed by atoms with E-state index in [4.69, 9.17) is 15.7 Å². The Hall–Kier alpha value is -1.56. The lowest BCUT2D eigenvalue weighted by Crippen LogP contribution is -3.00. The topological polar surface area (TPSA) is 80.0 Å². The summed E-state index contributed by atoms with van der Waals surface area (Å²) in [5.74, 6) is -0.135. The number of nitriles is 1. The molecule has 0 saturated heterocycles. The second-order valence-electron chi connectivity index (χ2n) is 3.93. The zero-order valence-electron chi connectivity index (χ0n) is 11.8. The number of thioether (sulfide) groups is 1. The predicted molar refractivity (Wildman–Crippen MR) is 82.6 cm³/mol. The van der Waals surface area contributed by atoms with Gasteiger partial charge in [-0.25, -0.2) is 4.79 Å². The summed E-state index contributed by atoms with van der Waals surface area (Å²) < 4.78 is 7.69. The van der Waals surface area contributed by atoms with E-state index in [1.54, 1.807) is 6.92 Å². The Morgan fingerprint density at radius 2 is 2.14 bits per heavy atom.